The molecule has 1 aromatic rings. The van der Waals surface area contributed by atoms with Crippen LogP contribution in [0.4, 0.5) is 10.6 Å². The Bertz CT molecular complexity index is 465. The highest BCUT2D eigenvalue weighted by molar-refractivity contribution is 5.89. The van der Waals surface area contributed by atoms with E-state index in [0.29, 0.717) is 5.82 Å². The topological polar surface area (TPSA) is 96.2 Å². The van der Waals surface area contributed by atoms with Gasteiger partial charge in [0.1, 0.15) is 0 Å². The molecule has 7 heteroatoms. The van der Waals surface area contributed by atoms with Crippen LogP contribution in [0.2, 0.25) is 0 Å². The maximum absolute atomic E-state index is 11.7. The van der Waals surface area contributed by atoms with Crippen molar-refractivity contribution in [2.75, 3.05) is 5.32 Å². The Morgan fingerprint density at radius 2 is 2.11 bits per heavy atom. The van der Waals surface area contributed by atoms with Gasteiger partial charge in [-0.2, -0.15) is 5.10 Å². The second-order valence-corrected chi connectivity index (χ2v) is 5.31. The minimum Gasteiger partial charge on any atom is -0.481 e. The number of aromatic nitrogens is 2. The average Bonchev–Trinajstić information content (AvgIpc) is 2.62. The number of urea groups is 1. The molecule has 0 saturated carbocycles. The minimum absolute atomic E-state index is 0.152. The van der Waals surface area contributed by atoms with Gasteiger partial charge in [-0.3, -0.25) is 14.8 Å². The number of hydrogen-bond donors (Lipinski definition) is 3. The van der Waals surface area contributed by atoms with Crippen molar-refractivity contribution in [3.05, 3.63) is 12.3 Å². The molecule has 1 rings (SSSR count). The van der Waals surface area contributed by atoms with Crippen LogP contribution in [0.1, 0.15) is 40.2 Å². The lowest BCUT2D eigenvalue weighted by Gasteiger charge is -2.23. The van der Waals surface area contributed by atoms with Gasteiger partial charge in [0.2, 0.25) is 0 Å². The molecular formula is C12H20N4O3. The third-order valence-corrected chi connectivity index (χ3v) is 2.42. The van der Waals surface area contributed by atoms with Crippen molar-refractivity contribution in [3.63, 3.8) is 0 Å². The van der Waals surface area contributed by atoms with Gasteiger partial charge in [-0.1, -0.05) is 0 Å². The first kappa shape index (κ1) is 15.0. The molecule has 0 bridgehead atoms. The van der Waals surface area contributed by atoms with Gasteiger partial charge >= 0.3 is 12.0 Å². The molecule has 0 saturated heterocycles. The van der Waals surface area contributed by atoms with Crippen molar-refractivity contribution in [2.45, 2.75) is 45.7 Å². The van der Waals surface area contributed by atoms with E-state index >= 15 is 0 Å². The summed E-state index contributed by atoms with van der Waals surface area (Å²) in [4.78, 5) is 22.4. The first-order chi connectivity index (χ1) is 8.69. The molecule has 0 aliphatic rings. The van der Waals surface area contributed by atoms with E-state index in [1.54, 1.807) is 30.8 Å². The molecule has 2 amide bonds. The second kappa shape index (κ2) is 5.73. The standard InChI is InChI=1S/C12H20N4O3/c1-8(2)16-6-5-9(15-16)13-11(19)14-12(3,4)7-10(17)18/h5-6,8H,7H2,1-4H3,(H,17,18)(H2,13,14,15,19). The molecule has 106 valence electrons. The summed E-state index contributed by atoms with van der Waals surface area (Å²) in [6, 6.07) is 1.42. The summed E-state index contributed by atoms with van der Waals surface area (Å²) in [5.74, 6) is -0.535. The maximum Gasteiger partial charge on any atom is 0.320 e. The zero-order valence-electron chi connectivity index (χ0n) is 11.6. The van der Waals surface area contributed by atoms with E-state index in [1.807, 2.05) is 13.8 Å². The summed E-state index contributed by atoms with van der Waals surface area (Å²) in [6.07, 6.45) is 1.61. The van der Waals surface area contributed by atoms with Crippen LogP contribution in [0.25, 0.3) is 0 Å². The van der Waals surface area contributed by atoms with Crippen molar-refractivity contribution >= 4 is 17.8 Å². The molecule has 0 atom stereocenters. The molecule has 0 unspecified atom stereocenters. The molecule has 7 nitrogen and oxygen atoms in total. The largest absolute Gasteiger partial charge is 0.481 e. The normalized spacial score (nSPS) is 11.4. The van der Waals surface area contributed by atoms with Crippen molar-refractivity contribution in [3.8, 4) is 0 Å². The number of aliphatic carboxylic acids is 1. The van der Waals surface area contributed by atoms with Crippen molar-refractivity contribution in [2.24, 2.45) is 0 Å². The van der Waals surface area contributed by atoms with Gasteiger partial charge < -0.3 is 10.4 Å². The fraction of sp³-hybridized carbons (Fsp3) is 0.583. The Balaban J connectivity index is 2.57. The van der Waals surface area contributed by atoms with Crippen molar-refractivity contribution in [1.82, 2.24) is 15.1 Å². The predicted molar refractivity (Wildman–Crippen MR) is 71.1 cm³/mol. The summed E-state index contributed by atoms with van der Waals surface area (Å²) in [5.41, 5.74) is -0.823. The summed E-state index contributed by atoms with van der Waals surface area (Å²) in [7, 11) is 0. The molecule has 3 N–H and O–H groups in total. The number of anilines is 1. The van der Waals surface area contributed by atoms with Gasteiger partial charge in [0, 0.05) is 23.8 Å². The van der Waals surface area contributed by atoms with Crippen LogP contribution in [0.5, 0.6) is 0 Å². The van der Waals surface area contributed by atoms with Crippen LogP contribution in [-0.4, -0.2) is 32.4 Å². The number of amides is 2. The Morgan fingerprint density at radius 3 is 2.58 bits per heavy atom. The summed E-state index contributed by atoms with van der Waals surface area (Å²) in [6.45, 7) is 7.25. The lowest BCUT2D eigenvalue weighted by molar-refractivity contribution is -0.138. The highest BCUT2D eigenvalue weighted by atomic mass is 16.4. The monoisotopic (exact) mass is 268 g/mol. The molecule has 1 aromatic heterocycles. The minimum atomic E-state index is -0.964. The highest BCUT2D eigenvalue weighted by Gasteiger charge is 2.24. The zero-order valence-corrected chi connectivity index (χ0v) is 11.6. The summed E-state index contributed by atoms with van der Waals surface area (Å²) in [5, 5.41) is 18.1. The van der Waals surface area contributed by atoms with Gasteiger partial charge in [-0.25, -0.2) is 4.79 Å². The molecule has 1 heterocycles. The fourth-order valence-electron chi connectivity index (χ4n) is 1.57. The third-order valence-electron chi connectivity index (χ3n) is 2.42. The molecule has 0 spiro atoms. The zero-order chi connectivity index (χ0) is 14.6. The Morgan fingerprint density at radius 1 is 1.47 bits per heavy atom. The molecule has 0 radical (unpaired) electrons. The molecular weight excluding hydrogens is 248 g/mol. The molecule has 0 fully saturated rings. The number of carbonyl (C=O) groups excluding carboxylic acids is 1. The maximum atomic E-state index is 11.7. The Kier molecular flexibility index (Phi) is 4.52. The smallest absolute Gasteiger partial charge is 0.320 e. The number of rotatable bonds is 5. The number of carboxylic acid groups (broad SMARTS) is 1. The molecule has 0 aliphatic heterocycles. The van der Waals surface area contributed by atoms with E-state index in [-0.39, 0.29) is 12.5 Å². The van der Waals surface area contributed by atoms with Gasteiger partial charge in [0.15, 0.2) is 5.82 Å². The van der Waals surface area contributed by atoms with Gasteiger partial charge in [0.05, 0.1) is 6.42 Å². The molecule has 0 aliphatic carbocycles. The van der Waals surface area contributed by atoms with Gasteiger partial charge in [-0.15, -0.1) is 0 Å². The van der Waals surface area contributed by atoms with Crippen LogP contribution in [0.15, 0.2) is 12.3 Å². The first-order valence-electron chi connectivity index (χ1n) is 6.06. The number of carbonyl (C=O) groups is 2. The van der Waals surface area contributed by atoms with Crippen LogP contribution in [0, 0.1) is 0 Å². The Hall–Kier alpha value is -2.05. The lowest BCUT2D eigenvalue weighted by atomic mass is 10.0. The average molecular weight is 268 g/mol. The van der Waals surface area contributed by atoms with E-state index in [1.165, 1.54) is 0 Å². The SMILES string of the molecule is CC(C)n1ccc(NC(=O)NC(C)(C)CC(=O)O)n1. The van der Waals surface area contributed by atoms with Crippen molar-refractivity contribution in [1.29, 1.82) is 0 Å². The van der Waals surface area contributed by atoms with Crippen LogP contribution in [0.3, 0.4) is 0 Å². The fourth-order valence-corrected chi connectivity index (χ4v) is 1.57. The second-order valence-electron chi connectivity index (χ2n) is 5.31. The number of hydrogen-bond acceptors (Lipinski definition) is 3. The lowest BCUT2D eigenvalue weighted by Crippen LogP contribution is -2.46. The van der Waals surface area contributed by atoms with Crippen molar-refractivity contribution < 1.29 is 14.7 Å². The first-order valence-corrected chi connectivity index (χ1v) is 6.06. The molecule has 19 heavy (non-hydrogen) atoms. The highest BCUT2D eigenvalue weighted by Crippen LogP contribution is 2.10. The Labute approximate surface area is 112 Å². The van der Waals surface area contributed by atoms with E-state index in [9.17, 15) is 9.59 Å². The quantitative estimate of drug-likeness (QED) is 0.759. The van der Waals surface area contributed by atoms with Gasteiger partial charge in [-0.05, 0) is 27.7 Å². The van der Waals surface area contributed by atoms with Crippen LogP contribution >= 0.6 is 0 Å². The van der Waals surface area contributed by atoms with E-state index in [4.69, 9.17) is 5.11 Å². The van der Waals surface area contributed by atoms with Crippen LogP contribution < -0.4 is 10.6 Å². The third kappa shape index (κ3) is 4.99. The number of nitrogens with zero attached hydrogens (tertiary/aromatic N) is 2. The van der Waals surface area contributed by atoms with Crippen LogP contribution in [-0.2, 0) is 4.79 Å². The summed E-state index contributed by atoms with van der Waals surface area (Å²) >= 11 is 0. The predicted octanol–water partition coefficient (Wildman–Crippen LogP) is 1.84. The van der Waals surface area contributed by atoms with E-state index in [2.05, 4.69) is 15.7 Å². The molecule has 0 aromatic carbocycles. The van der Waals surface area contributed by atoms with E-state index < -0.39 is 17.5 Å². The van der Waals surface area contributed by atoms with Gasteiger partial charge in [0.25, 0.3) is 0 Å². The summed E-state index contributed by atoms with van der Waals surface area (Å²) < 4.78 is 1.72. The van der Waals surface area contributed by atoms with E-state index in [0.717, 1.165) is 0 Å². The number of carboxylic acids is 1. The number of nitrogens with one attached hydrogen (secondary N) is 2.